The van der Waals surface area contributed by atoms with E-state index in [1.807, 2.05) is 60.7 Å². The minimum absolute atomic E-state index is 0.0491. The Kier molecular flexibility index (Phi) is 17.3. The molecule has 0 bridgehead atoms. The van der Waals surface area contributed by atoms with Crippen LogP contribution in [0.5, 0.6) is 11.5 Å². The Morgan fingerprint density at radius 3 is 2.08 bits per heavy atom. The van der Waals surface area contributed by atoms with Gasteiger partial charge in [-0.2, -0.15) is 0 Å². The van der Waals surface area contributed by atoms with Gasteiger partial charge in [0.05, 0.1) is 27.8 Å². The molecule has 0 saturated heterocycles. The third-order valence-corrected chi connectivity index (χ3v) is 7.68. The maximum atomic E-state index is 13.2. The van der Waals surface area contributed by atoms with E-state index in [0.717, 1.165) is 11.1 Å². The summed E-state index contributed by atoms with van der Waals surface area (Å²) in [6.45, 7) is 0.502. The summed E-state index contributed by atoms with van der Waals surface area (Å²) in [6.07, 6.45) is 0.839. The number of ether oxygens (including phenoxy) is 4. The van der Waals surface area contributed by atoms with Gasteiger partial charge in [-0.05, 0) is 48.6 Å². The fraction of sp³-hybridized carbons (Fsp3) is 0.378. The Hall–Kier alpha value is -5.63. The topological polar surface area (TPSA) is 182 Å². The molecule has 0 fully saturated rings. The Bertz CT molecular complexity index is 1560. The van der Waals surface area contributed by atoms with Crippen LogP contribution in [0.2, 0.25) is 0 Å². The van der Waals surface area contributed by atoms with Crippen molar-refractivity contribution in [3.05, 3.63) is 95.6 Å². The third-order valence-electron chi connectivity index (χ3n) is 7.68. The highest BCUT2D eigenvalue weighted by atomic mass is 16.5. The molecule has 0 unspecified atom stereocenters. The van der Waals surface area contributed by atoms with E-state index in [2.05, 4.69) is 26.8 Å². The molecule has 3 rings (SSSR count). The molecule has 2 atom stereocenters. The van der Waals surface area contributed by atoms with E-state index in [1.165, 1.54) is 21.3 Å². The Morgan fingerprint density at radius 2 is 1.41 bits per heavy atom. The van der Waals surface area contributed by atoms with Gasteiger partial charge in [0.2, 0.25) is 11.8 Å². The first-order valence-electron chi connectivity index (χ1n) is 16.6. The van der Waals surface area contributed by atoms with Crippen molar-refractivity contribution < 1.29 is 42.9 Å². The number of carbonyl (C=O) groups is 5. The largest absolute Gasteiger partial charge is 0.497 e. The highest BCUT2D eigenvalue weighted by Crippen LogP contribution is 2.24. The number of rotatable bonds is 21. The quantitative estimate of drug-likeness (QED) is 0.0628. The first-order valence-corrected chi connectivity index (χ1v) is 16.6. The normalized spacial score (nSPS) is 11.7. The average molecular weight is 706 g/mol. The van der Waals surface area contributed by atoms with Crippen molar-refractivity contribution >= 4 is 29.8 Å². The van der Waals surface area contributed by atoms with Gasteiger partial charge in [-0.1, -0.05) is 60.7 Å². The van der Waals surface area contributed by atoms with Crippen LogP contribution in [0.15, 0.2) is 78.9 Å². The van der Waals surface area contributed by atoms with Crippen LogP contribution in [0.3, 0.4) is 0 Å². The molecule has 0 radical (unpaired) electrons. The summed E-state index contributed by atoms with van der Waals surface area (Å²) in [6, 6.07) is 21.8. The van der Waals surface area contributed by atoms with Gasteiger partial charge >= 0.3 is 12.1 Å². The highest BCUT2D eigenvalue weighted by Gasteiger charge is 2.23. The number of alkyl carbamates (subject to hydrolysis) is 1. The summed E-state index contributed by atoms with van der Waals surface area (Å²) in [5, 5.41) is 8.15. The van der Waals surface area contributed by atoms with Gasteiger partial charge in [-0.25, -0.2) is 15.0 Å². The predicted molar refractivity (Wildman–Crippen MR) is 189 cm³/mol. The van der Waals surface area contributed by atoms with Gasteiger partial charge in [0.25, 0.3) is 5.91 Å². The van der Waals surface area contributed by atoms with Gasteiger partial charge in [-0.15, -0.1) is 0 Å². The average Bonchev–Trinajstić information content (AvgIpc) is 3.15. The van der Waals surface area contributed by atoms with E-state index >= 15 is 0 Å². The van der Waals surface area contributed by atoms with E-state index in [4.69, 9.17) is 18.9 Å². The molecule has 14 nitrogen and oxygen atoms in total. The first-order chi connectivity index (χ1) is 24.7. The van der Waals surface area contributed by atoms with Crippen molar-refractivity contribution in [1.82, 2.24) is 26.8 Å². The molecule has 3 aromatic carbocycles. The van der Waals surface area contributed by atoms with E-state index in [9.17, 15) is 24.0 Å². The maximum absolute atomic E-state index is 13.2. The molecule has 0 aliphatic heterocycles. The molecule has 4 amide bonds. The molecular weight excluding hydrogens is 658 g/mol. The van der Waals surface area contributed by atoms with Crippen molar-refractivity contribution in [2.24, 2.45) is 0 Å². The van der Waals surface area contributed by atoms with Crippen LogP contribution < -0.4 is 36.3 Å². The number of benzene rings is 3. The second kappa shape index (κ2) is 22.2. The summed E-state index contributed by atoms with van der Waals surface area (Å²) in [5.41, 5.74) is 7.58. The number of carbonyl (C=O) groups excluding carboxylic acids is 5. The molecule has 0 aromatic heterocycles. The summed E-state index contributed by atoms with van der Waals surface area (Å²) in [7, 11) is 4.27. The van der Waals surface area contributed by atoms with Gasteiger partial charge in [-0.3, -0.25) is 19.8 Å². The van der Waals surface area contributed by atoms with Crippen LogP contribution in [-0.4, -0.2) is 76.3 Å². The van der Waals surface area contributed by atoms with E-state index in [0.29, 0.717) is 36.4 Å². The monoisotopic (exact) mass is 705 g/mol. The number of amides is 4. The third kappa shape index (κ3) is 14.8. The number of esters is 1. The number of methoxy groups -OCH3 is 3. The van der Waals surface area contributed by atoms with Crippen LogP contribution in [0.25, 0.3) is 0 Å². The fourth-order valence-corrected chi connectivity index (χ4v) is 5.01. The zero-order valence-corrected chi connectivity index (χ0v) is 29.2. The van der Waals surface area contributed by atoms with Gasteiger partial charge < -0.3 is 34.9 Å². The molecule has 0 aliphatic rings. The van der Waals surface area contributed by atoms with Crippen molar-refractivity contribution in [2.45, 2.75) is 57.2 Å². The van der Waals surface area contributed by atoms with Crippen LogP contribution in [-0.2, 0) is 48.1 Å². The van der Waals surface area contributed by atoms with Crippen molar-refractivity contribution in [3.8, 4) is 11.5 Å². The molecule has 51 heavy (non-hydrogen) atoms. The van der Waals surface area contributed by atoms with Crippen LogP contribution >= 0.6 is 0 Å². The molecule has 3 aromatic rings. The van der Waals surface area contributed by atoms with Crippen LogP contribution in [0, 0.1) is 0 Å². The molecule has 14 heteroatoms. The van der Waals surface area contributed by atoms with Gasteiger partial charge in [0, 0.05) is 31.5 Å². The second-order valence-electron chi connectivity index (χ2n) is 11.5. The zero-order valence-electron chi connectivity index (χ0n) is 29.2. The van der Waals surface area contributed by atoms with Gasteiger partial charge in [0.15, 0.2) is 0 Å². The van der Waals surface area contributed by atoms with Crippen LogP contribution in [0.1, 0.15) is 42.4 Å². The molecule has 0 spiro atoms. The smallest absolute Gasteiger partial charge is 0.407 e. The first kappa shape index (κ1) is 39.8. The van der Waals surface area contributed by atoms with Gasteiger partial charge in [0.1, 0.15) is 30.2 Å². The highest BCUT2D eigenvalue weighted by molar-refractivity contribution is 5.88. The predicted octanol–water partition coefficient (Wildman–Crippen LogP) is 2.74. The van der Waals surface area contributed by atoms with Crippen molar-refractivity contribution in [2.75, 3.05) is 34.4 Å². The lowest BCUT2D eigenvalue weighted by Crippen LogP contribution is -2.52. The second-order valence-corrected chi connectivity index (χ2v) is 11.5. The molecule has 274 valence electrons. The molecule has 5 N–H and O–H groups in total. The lowest BCUT2D eigenvalue weighted by atomic mass is 10.1. The molecular formula is C37H47N5O9. The molecule has 0 saturated carbocycles. The summed E-state index contributed by atoms with van der Waals surface area (Å²) < 4.78 is 20.7. The molecule has 0 aliphatic carbocycles. The number of unbranched alkanes of at least 4 members (excludes halogenated alkanes) is 1. The van der Waals surface area contributed by atoms with E-state index < -0.39 is 41.9 Å². The zero-order chi connectivity index (χ0) is 36.8. The van der Waals surface area contributed by atoms with Crippen LogP contribution in [0.4, 0.5) is 4.79 Å². The standard InChI is InChI=1S/C37H47N5O9/c1-48-29-17-18-32(49-2)28(23-29)24-34(44)40-30(16-10-11-20-38-37(47)51-25-27-14-8-5-9-15-27)35(45)42-39-21-19-33(43)41-31(36(46)50-3)22-26-12-6-4-7-13-26/h4-9,12-15,17-18,23,30-31,39H,10-11,16,19-22,24-25H2,1-3H3,(H,38,47)(H,40,44)(H,41,43)(H,42,45)/t30-,31-/m0/s1. The number of hydrazine groups is 1. The SMILES string of the molecule is COC(=O)[C@H](Cc1ccccc1)NC(=O)CCNNC(=O)[C@H](CCCCNC(=O)OCc1ccccc1)NC(=O)Cc1cc(OC)ccc1OC. The Balaban J connectivity index is 1.51. The maximum Gasteiger partial charge on any atom is 0.407 e. The fourth-order valence-electron chi connectivity index (χ4n) is 5.01. The molecule has 0 heterocycles. The van der Waals surface area contributed by atoms with Crippen molar-refractivity contribution in [3.63, 3.8) is 0 Å². The lowest BCUT2D eigenvalue weighted by molar-refractivity contribution is -0.145. The minimum atomic E-state index is -0.935. The Morgan fingerprint density at radius 1 is 0.725 bits per heavy atom. The number of nitrogens with one attached hydrogen (secondary N) is 5. The summed E-state index contributed by atoms with van der Waals surface area (Å²) in [4.78, 5) is 63.3. The lowest BCUT2D eigenvalue weighted by Gasteiger charge is -2.20. The van der Waals surface area contributed by atoms with E-state index in [-0.39, 0.29) is 38.8 Å². The summed E-state index contributed by atoms with van der Waals surface area (Å²) >= 11 is 0. The minimum Gasteiger partial charge on any atom is -0.497 e. The summed E-state index contributed by atoms with van der Waals surface area (Å²) in [5.74, 6) is -0.888. The van der Waals surface area contributed by atoms with Crippen molar-refractivity contribution in [1.29, 1.82) is 0 Å². The number of hydrogen-bond donors (Lipinski definition) is 5. The Labute approximate surface area is 297 Å². The van der Waals surface area contributed by atoms with E-state index in [1.54, 1.807) is 18.2 Å². The number of hydrogen-bond acceptors (Lipinski definition) is 10.